The van der Waals surface area contributed by atoms with Crippen molar-refractivity contribution in [3.63, 3.8) is 0 Å². The molecule has 6 nitrogen and oxygen atoms in total. The minimum atomic E-state index is -0.695. The van der Waals surface area contributed by atoms with Gasteiger partial charge >= 0.3 is 6.09 Å². The van der Waals surface area contributed by atoms with Crippen molar-refractivity contribution in [1.29, 1.82) is 0 Å². The van der Waals surface area contributed by atoms with E-state index in [1.165, 1.54) is 17.0 Å². The summed E-state index contributed by atoms with van der Waals surface area (Å²) >= 11 is 0. The predicted molar refractivity (Wildman–Crippen MR) is 54.8 cm³/mol. The Hall–Kier alpha value is -2.18. The van der Waals surface area contributed by atoms with Gasteiger partial charge in [-0.1, -0.05) is 0 Å². The second kappa shape index (κ2) is 4.36. The molecule has 1 heterocycles. The summed E-state index contributed by atoms with van der Waals surface area (Å²) in [7, 11) is 0. The van der Waals surface area contributed by atoms with Crippen molar-refractivity contribution in [3.05, 3.63) is 39.7 Å². The van der Waals surface area contributed by atoms with E-state index in [0.717, 1.165) is 6.07 Å². The Kier molecular flexibility index (Phi) is 2.90. The lowest BCUT2D eigenvalue weighted by molar-refractivity contribution is -0.385. The molecule has 1 fully saturated rings. The van der Waals surface area contributed by atoms with Crippen LogP contribution >= 0.6 is 0 Å². The summed E-state index contributed by atoms with van der Waals surface area (Å²) in [6.07, 6.45) is -0.497. The largest absolute Gasteiger partial charge is 0.448 e. The zero-order valence-corrected chi connectivity index (χ0v) is 8.76. The number of nitro benzene ring substituents is 1. The highest BCUT2D eigenvalue weighted by Crippen LogP contribution is 2.19. The minimum Gasteiger partial charge on any atom is -0.448 e. The molecule has 17 heavy (non-hydrogen) atoms. The van der Waals surface area contributed by atoms with Gasteiger partial charge in [0.25, 0.3) is 5.69 Å². The summed E-state index contributed by atoms with van der Waals surface area (Å²) in [4.78, 5) is 22.2. The number of hydrogen-bond acceptors (Lipinski definition) is 4. The van der Waals surface area contributed by atoms with Gasteiger partial charge in [-0.2, -0.15) is 0 Å². The third kappa shape index (κ3) is 2.32. The van der Waals surface area contributed by atoms with Crippen molar-refractivity contribution < 1.29 is 18.8 Å². The summed E-state index contributed by atoms with van der Waals surface area (Å²) < 4.78 is 18.2. The number of nitrogens with zero attached hydrogens (tertiary/aromatic N) is 2. The van der Waals surface area contributed by atoms with Gasteiger partial charge in [-0.05, 0) is 6.07 Å². The lowest BCUT2D eigenvalue weighted by atomic mass is 10.2. The number of carbonyl (C=O) groups excluding carboxylic acids is 1. The van der Waals surface area contributed by atoms with E-state index in [1.807, 2.05) is 0 Å². The Labute approximate surface area is 95.7 Å². The molecular formula is C10H9FN2O4. The Morgan fingerprint density at radius 1 is 1.53 bits per heavy atom. The number of rotatable bonds is 3. The number of carbonyl (C=O) groups is 1. The molecule has 90 valence electrons. The summed E-state index contributed by atoms with van der Waals surface area (Å²) in [6, 6.07) is 3.36. The van der Waals surface area contributed by atoms with Gasteiger partial charge in [-0.3, -0.25) is 10.1 Å². The Morgan fingerprint density at radius 2 is 2.29 bits per heavy atom. The average molecular weight is 240 g/mol. The van der Waals surface area contributed by atoms with Crippen molar-refractivity contribution in [2.24, 2.45) is 0 Å². The molecule has 0 atom stereocenters. The first kappa shape index (κ1) is 11.3. The average Bonchev–Trinajstić information content (AvgIpc) is 2.67. The van der Waals surface area contributed by atoms with Crippen LogP contribution in [0.4, 0.5) is 14.9 Å². The molecule has 1 aromatic rings. The van der Waals surface area contributed by atoms with Crippen LogP contribution < -0.4 is 0 Å². The molecule has 0 unspecified atom stereocenters. The standard InChI is InChI=1S/C10H9FN2O4/c11-9-5-8(13(15)16)2-1-7(9)6-12-3-4-17-10(12)14/h1-2,5H,3-4,6H2. The van der Waals surface area contributed by atoms with Crippen LogP contribution in [0.15, 0.2) is 18.2 Å². The van der Waals surface area contributed by atoms with E-state index in [-0.39, 0.29) is 24.4 Å². The minimum absolute atomic E-state index is 0.0582. The maximum Gasteiger partial charge on any atom is 0.410 e. The van der Waals surface area contributed by atoms with Crippen LogP contribution in [0.5, 0.6) is 0 Å². The summed E-state index contributed by atoms with van der Waals surface area (Å²) in [5, 5.41) is 10.4. The Bertz CT molecular complexity index is 477. The van der Waals surface area contributed by atoms with Crippen molar-refractivity contribution in [2.45, 2.75) is 6.54 Å². The fraction of sp³-hybridized carbons (Fsp3) is 0.300. The quantitative estimate of drug-likeness (QED) is 0.595. The van der Waals surface area contributed by atoms with Gasteiger partial charge in [0, 0.05) is 11.6 Å². The van der Waals surface area contributed by atoms with E-state index in [1.54, 1.807) is 0 Å². The zero-order chi connectivity index (χ0) is 12.4. The number of amides is 1. The third-order valence-corrected chi connectivity index (χ3v) is 2.45. The molecule has 0 bridgehead atoms. The van der Waals surface area contributed by atoms with Gasteiger partial charge in [0.2, 0.25) is 0 Å². The maximum absolute atomic E-state index is 13.5. The fourth-order valence-corrected chi connectivity index (χ4v) is 1.55. The molecular weight excluding hydrogens is 231 g/mol. The predicted octanol–water partition coefficient (Wildman–Crippen LogP) is 1.69. The summed E-state index contributed by atoms with van der Waals surface area (Å²) in [5.41, 5.74) is -0.0790. The maximum atomic E-state index is 13.5. The van der Waals surface area contributed by atoms with Crippen molar-refractivity contribution >= 4 is 11.8 Å². The molecule has 0 saturated carbocycles. The molecule has 1 amide bonds. The normalized spacial score (nSPS) is 14.9. The van der Waals surface area contributed by atoms with Crippen LogP contribution in [0.2, 0.25) is 0 Å². The van der Waals surface area contributed by atoms with Crippen molar-refractivity contribution in [2.75, 3.05) is 13.2 Å². The molecule has 2 rings (SSSR count). The summed E-state index contributed by atoms with van der Waals surface area (Å²) in [6.45, 7) is 0.741. The topological polar surface area (TPSA) is 72.7 Å². The van der Waals surface area contributed by atoms with Gasteiger partial charge in [-0.25, -0.2) is 9.18 Å². The van der Waals surface area contributed by atoms with Gasteiger partial charge in [0.15, 0.2) is 0 Å². The van der Waals surface area contributed by atoms with E-state index >= 15 is 0 Å². The number of halogens is 1. The van der Waals surface area contributed by atoms with Gasteiger partial charge < -0.3 is 9.64 Å². The SMILES string of the molecule is O=C1OCCN1Cc1ccc([N+](=O)[O-])cc1F. The lowest BCUT2D eigenvalue weighted by Gasteiger charge is -2.12. The lowest BCUT2D eigenvalue weighted by Crippen LogP contribution is -2.24. The number of ether oxygens (including phenoxy) is 1. The van der Waals surface area contributed by atoms with Crippen LogP contribution in [0.3, 0.4) is 0 Å². The zero-order valence-electron chi connectivity index (χ0n) is 8.76. The van der Waals surface area contributed by atoms with Gasteiger partial charge in [0.05, 0.1) is 24.1 Å². The van der Waals surface area contributed by atoms with E-state index in [9.17, 15) is 19.3 Å². The van der Waals surface area contributed by atoms with Gasteiger partial charge in [-0.15, -0.1) is 0 Å². The van der Waals surface area contributed by atoms with Crippen molar-refractivity contribution in [1.82, 2.24) is 4.90 Å². The smallest absolute Gasteiger partial charge is 0.410 e. The highest BCUT2D eigenvalue weighted by molar-refractivity contribution is 5.69. The highest BCUT2D eigenvalue weighted by atomic mass is 19.1. The fourth-order valence-electron chi connectivity index (χ4n) is 1.55. The molecule has 0 aliphatic carbocycles. The molecule has 0 aromatic heterocycles. The highest BCUT2D eigenvalue weighted by Gasteiger charge is 2.23. The van der Waals surface area contributed by atoms with Crippen LogP contribution in [-0.4, -0.2) is 29.1 Å². The van der Waals surface area contributed by atoms with E-state index < -0.39 is 16.8 Å². The first-order valence-electron chi connectivity index (χ1n) is 4.92. The second-order valence-electron chi connectivity index (χ2n) is 3.57. The second-order valence-corrected chi connectivity index (χ2v) is 3.57. The molecule has 1 saturated heterocycles. The van der Waals surface area contributed by atoms with Crippen LogP contribution in [0.1, 0.15) is 5.56 Å². The monoisotopic (exact) mass is 240 g/mol. The summed E-state index contributed by atoms with van der Waals surface area (Å²) in [5.74, 6) is -0.695. The molecule has 0 N–H and O–H groups in total. The molecule has 7 heteroatoms. The van der Waals surface area contributed by atoms with E-state index in [4.69, 9.17) is 4.74 Å². The van der Waals surface area contributed by atoms with E-state index in [2.05, 4.69) is 0 Å². The Morgan fingerprint density at radius 3 is 2.82 bits per heavy atom. The van der Waals surface area contributed by atoms with Crippen LogP contribution in [0.25, 0.3) is 0 Å². The number of non-ortho nitro benzene ring substituents is 1. The van der Waals surface area contributed by atoms with Crippen molar-refractivity contribution in [3.8, 4) is 0 Å². The molecule has 1 aliphatic rings. The number of benzene rings is 1. The first-order chi connectivity index (χ1) is 8.08. The molecule has 1 aliphatic heterocycles. The van der Waals surface area contributed by atoms with E-state index in [0.29, 0.717) is 6.54 Å². The number of nitro groups is 1. The van der Waals surface area contributed by atoms with Crippen LogP contribution in [-0.2, 0) is 11.3 Å². The Balaban J connectivity index is 2.16. The van der Waals surface area contributed by atoms with Crippen LogP contribution in [0, 0.1) is 15.9 Å². The molecule has 0 radical (unpaired) electrons. The first-order valence-corrected chi connectivity index (χ1v) is 4.92. The molecule has 1 aromatic carbocycles. The molecule has 0 spiro atoms. The van der Waals surface area contributed by atoms with Gasteiger partial charge in [0.1, 0.15) is 12.4 Å². The number of cyclic esters (lactones) is 1. The number of hydrogen-bond donors (Lipinski definition) is 0. The third-order valence-electron chi connectivity index (χ3n) is 2.45.